The van der Waals surface area contributed by atoms with Crippen LogP contribution < -0.4 is 0 Å². The lowest BCUT2D eigenvalue weighted by atomic mass is 10.2. The van der Waals surface area contributed by atoms with Gasteiger partial charge in [-0.15, -0.1) is 0 Å². The van der Waals surface area contributed by atoms with Gasteiger partial charge in [-0.25, -0.2) is 4.79 Å². The quantitative estimate of drug-likeness (QED) is 0.783. The number of hydrogen-bond acceptors (Lipinski definition) is 4. The predicted octanol–water partition coefficient (Wildman–Crippen LogP) is 1.93. The van der Waals surface area contributed by atoms with E-state index < -0.39 is 5.97 Å². The molecule has 0 spiro atoms. The third-order valence-electron chi connectivity index (χ3n) is 3.41. The van der Waals surface area contributed by atoms with Gasteiger partial charge in [0.2, 0.25) is 11.7 Å². The Labute approximate surface area is 112 Å². The Hall–Kier alpha value is -1.78. The molecule has 2 rings (SSSR count). The summed E-state index contributed by atoms with van der Waals surface area (Å²) in [5.74, 6) is 0.623. The zero-order valence-electron chi connectivity index (χ0n) is 11.6. The Bertz CT molecular complexity index is 492. The molecule has 1 atom stereocenters. The number of ether oxygens (including phenoxy) is 1. The topological polar surface area (TPSA) is 59.8 Å². The molecule has 1 amide bonds. The summed E-state index contributed by atoms with van der Waals surface area (Å²) < 4.78 is 10.8. The maximum atomic E-state index is 11.9. The lowest BCUT2D eigenvalue weighted by molar-refractivity contribution is -0.128. The number of furan rings is 1. The summed E-state index contributed by atoms with van der Waals surface area (Å²) in [7, 11) is 0. The highest BCUT2D eigenvalue weighted by atomic mass is 16.6. The molecule has 5 nitrogen and oxygen atoms in total. The Balaban J connectivity index is 1.96. The molecule has 0 radical (unpaired) electrons. The van der Waals surface area contributed by atoms with Gasteiger partial charge in [0.05, 0.1) is 6.54 Å². The average molecular weight is 265 g/mol. The van der Waals surface area contributed by atoms with Crippen LogP contribution in [0.4, 0.5) is 0 Å². The van der Waals surface area contributed by atoms with Gasteiger partial charge < -0.3 is 14.1 Å². The van der Waals surface area contributed by atoms with E-state index in [-0.39, 0.29) is 17.8 Å². The molecule has 1 saturated heterocycles. The van der Waals surface area contributed by atoms with Crippen molar-refractivity contribution in [1.82, 2.24) is 4.90 Å². The second-order valence-corrected chi connectivity index (χ2v) is 4.85. The molecule has 104 valence electrons. The molecular formula is C14H19NO4. The number of carbonyl (C=O) groups excluding carboxylic acids is 2. The van der Waals surface area contributed by atoms with Crippen LogP contribution in [0.2, 0.25) is 0 Å². The summed E-state index contributed by atoms with van der Waals surface area (Å²) in [6, 6.07) is 1.71. The van der Waals surface area contributed by atoms with E-state index in [1.165, 1.54) is 6.92 Å². The van der Waals surface area contributed by atoms with Gasteiger partial charge in [-0.2, -0.15) is 0 Å². The van der Waals surface area contributed by atoms with Gasteiger partial charge in [-0.05, 0) is 18.6 Å². The van der Waals surface area contributed by atoms with Crippen molar-refractivity contribution in [2.75, 3.05) is 13.1 Å². The molecular weight excluding hydrogens is 246 g/mol. The molecule has 0 N–H and O–H groups in total. The van der Waals surface area contributed by atoms with E-state index in [1.807, 2.05) is 13.8 Å². The third kappa shape index (κ3) is 2.97. The number of amides is 1. The first-order valence-electron chi connectivity index (χ1n) is 6.57. The third-order valence-corrected chi connectivity index (χ3v) is 3.41. The number of likely N-dealkylation sites (tertiary alicyclic amines) is 1. The van der Waals surface area contributed by atoms with Crippen molar-refractivity contribution >= 4 is 11.9 Å². The number of carbonyl (C=O) groups is 2. The number of rotatable bonds is 3. The molecule has 0 bridgehead atoms. The van der Waals surface area contributed by atoms with E-state index in [4.69, 9.17) is 9.15 Å². The predicted molar refractivity (Wildman–Crippen MR) is 68.9 cm³/mol. The average Bonchev–Trinajstić information content (AvgIpc) is 2.95. The van der Waals surface area contributed by atoms with E-state index in [1.54, 1.807) is 11.0 Å². The number of esters is 1. The van der Waals surface area contributed by atoms with Crippen LogP contribution >= 0.6 is 0 Å². The minimum absolute atomic E-state index is 0.0145. The van der Waals surface area contributed by atoms with Crippen LogP contribution in [-0.2, 0) is 16.0 Å². The van der Waals surface area contributed by atoms with E-state index in [0.29, 0.717) is 19.5 Å². The zero-order valence-corrected chi connectivity index (χ0v) is 11.6. The molecule has 1 aromatic rings. The second kappa shape index (κ2) is 5.47. The minimum Gasteiger partial charge on any atom is -0.455 e. The first-order chi connectivity index (χ1) is 9.01. The lowest BCUT2D eigenvalue weighted by Gasteiger charge is -2.13. The molecule has 0 saturated carbocycles. The first kappa shape index (κ1) is 13.6. The van der Waals surface area contributed by atoms with Gasteiger partial charge in [0.15, 0.2) is 0 Å². The van der Waals surface area contributed by atoms with Crippen molar-refractivity contribution in [3.05, 3.63) is 23.2 Å². The van der Waals surface area contributed by atoms with Crippen LogP contribution in [0.1, 0.15) is 42.1 Å². The molecule has 1 aliphatic rings. The van der Waals surface area contributed by atoms with Crippen molar-refractivity contribution in [3.63, 3.8) is 0 Å². The molecule has 0 aliphatic carbocycles. The molecule has 1 fully saturated rings. The maximum absolute atomic E-state index is 11.9. The van der Waals surface area contributed by atoms with Gasteiger partial charge in [-0.1, -0.05) is 6.92 Å². The highest BCUT2D eigenvalue weighted by Crippen LogP contribution is 2.19. The molecule has 0 aromatic carbocycles. The van der Waals surface area contributed by atoms with Crippen molar-refractivity contribution in [1.29, 1.82) is 0 Å². The van der Waals surface area contributed by atoms with Crippen molar-refractivity contribution in [2.45, 2.75) is 39.7 Å². The summed E-state index contributed by atoms with van der Waals surface area (Å²) in [5.41, 5.74) is 0.964. The fourth-order valence-electron chi connectivity index (χ4n) is 2.29. The highest BCUT2D eigenvalue weighted by Gasteiger charge is 2.28. The van der Waals surface area contributed by atoms with E-state index >= 15 is 0 Å². The molecule has 1 aliphatic heterocycles. The Kier molecular flexibility index (Phi) is 3.93. The number of nitrogens with zero attached hydrogens (tertiary/aromatic N) is 1. The SMILES string of the molecule is CCc1oc(C(=O)O[C@@H]2CCN(C(C)=O)C2)cc1C. The Morgan fingerprint density at radius 1 is 1.53 bits per heavy atom. The first-order valence-corrected chi connectivity index (χ1v) is 6.57. The summed E-state index contributed by atoms with van der Waals surface area (Å²) in [6.07, 6.45) is 1.21. The largest absolute Gasteiger partial charge is 0.455 e. The van der Waals surface area contributed by atoms with Crippen LogP contribution in [0.15, 0.2) is 10.5 Å². The maximum Gasteiger partial charge on any atom is 0.374 e. The van der Waals surface area contributed by atoms with Crippen LogP contribution in [-0.4, -0.2) is 36.0 Å². The smallest absolute Gasteiger partial charge is 0.374 e. The van der Waals surface area contributed by atoms with E-state index in [0.717, 1.165) is 17.7 Å². The minimum atomic E-state index is -0.446. The molecule has 2 heterocycles. The Morgan fingerprint density at radius 2 is 2.26 bits per heavy atom. The number of hydrogen-bond donors (Lipinski definition) is 0. The standard InChI is InChI=1S/C14H19NO4/c1-4-12-9(2)7-13(19-12)14(17)18-11-5-6-15(8-11)10(3)16/h7,11H,4-6,8H2,1-3H3/t11-/m1/s1. The fourth-order valence-corrected chi connectivity index (χ4v) is 2.29. The number of aryl methyl sites for hydroxylation is 2. The van der Waals surface area contributed by atoms with Gasteiger partial charge in [0.25, 0.3) is 0 Å². The zero-order chi connectivity index (χ0) is 14.0. The van der Waals surface area contributed by atoms with Crippen LogP contribution in [0.25, 0.3) is 0 Å². The summed E-state index contributed by atoms with van der Waals surface area (Å²) >= 11 is 0. The van der Waals surface area contributed by atoms with Crippen molar-refractivity contribution in [3.8, 4) is 0 Å². The molecule has 0 unspecified atom stereocenters. The van der Waals surface area contributed by atoms with E-state index in [2.05, 4.69) is 0 Å². The lowest BCUT2D eigenvalue weighted by Crippen LogP contribution is -2.28. The molecule has 1 aromatic heterocycles. The van der Waals surface area contributed by atoms with Gasteiger partial charge in [0.1, 0.15) is 11.9 Å². The van der Waals surface area contributed by atoms with Gasteiger partial charge >= 0.3 is 5.97 Å². The van der Waals surface area contributed by atoms with Gasteiger partial charge in [-0.3, -0.25) is 4.79 Å². The molecule has 5 heteroatoms. The monoisotopic (exact) mass is 265 g/mol. The fraction of sp³-hybridized carbons (Fsp3) is 0.571. The van der Waals surface area contributed by atoms with Crippen molar-refractivity contribution < 1.29 is 18.7 Å². The van der Waals surface area contributed by atoms with Crippen molar-refractivity contribution in [2.24, 2.45) is 0 Å². The summed E-state index contributed by atoms with van der Waals surface area (Å²) in [5, 5.41) is 0. The van der Waals surface area contributed by atoms with Crippen LogP contribution in [0.3, 0.4) is 0 Å². The normalized spacial score (nSPS) is 18.7. The summed E-state index contributed by atoms with van der Waals surface area (Å²) in [4.78, 5) is 24.8. The highest BCUT2D eigenvalue weighted by molar-refractivity contribution is 5.87. The summed E-state index contributed by atoms with van der Waals surface area (Å²) in [6.45, 7) is 6.52. The van der Waals surface area contributed by atoms with E-state index in [9.17, 15) is 9.59 Å². The Morgan fingerprint density at radius 3 is 2.79 bits per heavy atom. The van der Waals surface area contributed by atoms with Crippen LogP contribution in [0, 0.1) is 6.92 Å². The van der Waals surface area contributed by atoms with Crippen LogP contribution in [0.5, 0.6) is 0 Å². The van der Waals surface area contributed by atoms with Gasteiger partial charge in [0, 0.05) is 26.3 Å². The molecule has 19 heavy (non-hydrogen) atoms. The second-order valence-electron chi connectivity index (χ2n) is 4.85.